The molecule has 1 aromatic heterocycles. The summed E-state index contributed by atoms with van der Waals surface area (Å²) in [5.74, 6) is 0. The molecule has 384 valence electrons. The van der Waals surface area contributed by atoms with E-state index < -0.39 is 0 Å². The van der Waals surface area contributed by atoms with Gasteiger partial charge >= 0.3 is 0 Å². The van der Waals surface area contributed by atoms with E-state index in [9.17, 15) is 0 Å². The Morgan fingerprint density at radius 1 is 0.368 bits per heavy atom. The van der Waals surface area contributed by atoms with Crippen molar-refractivity contribution in [3.8, 4) is 66.8 Å². The van der Waals surface area contributed by atoms with Gasteiger partial charge in [0.25, 0.3) is 0 Å². The summed E-state index contributed by atoms with van der Waals surface area (Å²) in [6, 6.07) is 54.9. The van der Waals surface area contributed by atoms with Crippen LogP contribution in [0.25, 0.3) is 88.7 Å². The Kier molecular flexibility index (Phi) is 11.9. The molecule has 0 N–H and O–H groups in total. The van der Waals surface area contributed by atoms with E-state index in [0.29, 0.717) is 0 Å². The van der Waals surface area contributed by atoms with E-state index in [2.05, 4.69) is 202 Å². The van der Waals surface area contributed by atoms with Gasteiger partial charge in [0.05, 0.1) is 0 Å². The number of furan rings is 1. The number of benzene rings is 8. The molecular weight excluding hydrogens is 917 g/mol. The number of rotatable bonds is 16. The molecule has 0 bridgehead atoms. The van der Waals surface area contributed by atoms with Crippen LogP contribution < -0.4 is 0 Å². The lowest BCUT2D eigenvalue weighted by molar-refractivity contribution is 0.398. The van der Waals surface area contributed by atoms with Crippen molar-refractivity contribution in [2.24, 2.45) is 0 Å². The SMILES string of the molecule is CCCCCCCCC1(CCCCCCCC)c2ccccc2-c2ccc(-c3ccc4c(c3)C(C)(C)c3cc(-c5ccc6c(c5)C(C)(C)c5c7c(c8c(oc9ccccc98)c5-6)-c5ccc(C)cc5C7(C)C)ccc3-4)cc21. The van der Waals surface area contributed by atoms with Crippen LogP contribution in [0.5, 0.6) is 0 Å². The molecule has 4 aliphatic rings. The Morgan fingerprint density at radius 2 is 0.803 bits per heavy atom. The molecule has 1 nitrogen and oxygen atoms in total. The maximum atomic E-state index is 7.03. The highest BCUT2D eigenvalue weighted by Gasteiger charge is 2.49. The third kappa shape index (κ3) is 7.29. The number of aryl methyl sites for hydroxylation is 1. The first-order valence-corrected chi connectivity index (χ1v) is 29.6. The summed E-state index contributed by atoms with van der Waals surface area (Å²) in [5.41, 5.74) is 30.7. The first-order valence-electron chi connectivity index (χ1n) is 29.6. The standard InChI is InChI=1S/C75H78O/c1-10-12-14-16-18-24-40-75(41-25-19-17-15-13-11-2)59-28-22-20-26-52(59)55-38-33-51(46-64(55)75)49-32-37-54-53-36-31-48(43-61(53)72(4,5)62(54)44-49)50-34-39-57-63(45-50)74(8,9)70-68(57)71-67(58-27-21-23-29-65(58)76-71)66-56-35-30-47(3)42-60(56)73(6,7)69(66)70/h20-23,26-39,42-46H,10-19,24-25,40-41H2,1-9H3. The molecule has 0 atom stereocenters. The first-order chi connectivity index (χ1) is 36.8. The topological polar surface area (TPSA) is 13.1 Å². The fraction of sp³-hybridized carbons (Fsp3) is 0.360. The summed E-state index contributed by atoms with van der Waals surface area (Å²) in [6.45, 7) is 21.6. The Bertz CT molecular complexity index is 3770. The molecule has 0 fully saturated rings. The molecular formula is C75H78O. The van der Waals surface area contributed by atoms with E-state index >= 15 is 0 Å². The Morgan fingerprint density at radius 3 is 1.41 bits per heavy atom. The number of hydrogen-bond donors (Lipinski definition) is 0. The fourth-order valence-electron chi connectivity index (χ4n) is 15.7. The highest BCUT2D eigenvalue weighted by Crippen LogP contribution is 2.64. The smallest absolute Gasteiger partial charge is 0.144 e. The van der Waals surface area contributed by atoms with Gasteiger partial charge in [-0.3, -0.25) is 0 Å². The van der Waals surface area contributed by atoms with Gasteiger partial charge < -0.3 is 4.42 Å². The average Bonchev–Trinajstić information content (AvgIpc) is 4.17. The second-order valence-corrected chi connectivity index (χ2v) is 25.4. The molecule has 1 heterocycles. The minimum atomic E-state index is -0.253. The maximum Gasteiger partial charge on any atom is 0.144 e. The van der Waals surface area contributed by atoms with E-state index in [1.165, 1.54) is 206 Å². The quantitative estimate of drug-likeness (QED) is 0.0879. The van der Waals surface area contributed by atoms with Gasteiger partial charge in [-0.1, -0.05) is 247 Å². The lowest BCUT2D eigenvalue weighted by Gasteiger charge is -2.33. The molecule has 0 saturated heterocycles. The minimum absolute atomic E-state index is 0.0665. The molecule has 9 aromatic rings. The molecule has 76 heavy (non-hydrogen) atoms. The van der Waals surface area contributed by atoms with Crippen LogP contribution >= 0.6 is 0 Å². The van der Waals surface area contributed by atoms with Crippen LogP contribution in [-0.4, -0.2) is 0 Å². The number of fused-ring (bicyclic) bond motifs is 18. The normalized spacial score (nSPS) is 16.1. The summed E-state index contributed by atoms with van der Waals surface area (Å²) in [7, 11) is 0. The van der Waals surface area contributed by atoms with E-state index in [0.717, 1.165) is 11.2 Å². The molecule has 13 rings (SSSR count). The zero-order valence-corrected chi connectivity index (χ0v) is 47.1. The van der Waals surface area contributed by atoms with Crippen molar-refractivity contribution in [1.29, 1.82) is 0 Å². The van der Waals surface area contributed by atoms with Crippen LogP contribution in [-0.2, 0) is 21.7 Å². The van der Waals surface area contributed by atoms with Crippen LogP contribution in [0.4, 0.5) is 0 Å². The molecule has 0 aliphatic heterocycles. The molecule has 0 radical (unpaired) electrons. The third-order valence-corrected chi connectivity index (χ3v) is 19.7. The highest BCUT2D eigenvalue weighted by atomic mass is 16.3. The maximum absolute atomic E-state index is 7.03. The molecule has 0 saturated carbocycles. The van der Waals surface area contributed by atoms with E-state index in [1.54, 1.807) is 11.1 Å². The minimum Gasteiger partial charge on any atom is -0.455 e. The Labute approximate surface area is 454 Å². The molecule has 4 aliphatic carbocycles. The van der Waals surface area contributed by atoms with Crippen molar-refractivity contribution in [2.45, 2.75) is 174 Å². The molecule has 1 heteroatoms. The van der Waals surface area contributed by atoms with Crippen LogP contribution in [0.3, 0.4) is 0 Å². The van der Waals surface area contributed by atoms with Crippen molar-refractivity contribution in [1.82, 2.24) is 0 Å². The molecule has 0 unspecified atom stereocenters. The van der Waals surface area contributed by atoms with E-state index in [4.69, 9.17) is 4.42 Å². The molecule has 0 spiro atoms. The van der Waals surface area contributed by atoms with Crippen LogP contribution in [0.1, 0.15) is 195 Å². The lowest BCUT2D eigenvalue weighted by Crippen LogP contribution is -2.25. The monoisotopic (exact) mass is 995 g/mol. The van der Waals surface area contributed by atoms with Crippen molar-refractivity contribution >= 4 is 21.9 Å². The number of hydrogen-bond acceptors (Lipinski definition) is 1. The van der Waals surface area contributed by atoms with E-state index in [-0.39, 0.29) is 21.7 Å². The Hall–Kier alpha value is -6.44. The predicted octanol–water partition coefficient (Wildman–Crippen LogP) is 21.9. The van der Waals surface area contributed by atoms with Gasteiger partial charge in [-0.15, -0.1) is 0 Å². The molecule has 8 aromatic carbocycles. The van der Waals surface area contributed by atoms with Gasteiger partial charge in [0.1, 0.15) is 11.2 Å². The zero-order chi connectivity index (χ0) is 52.3. The van der Waals surface area contributed by atoms with Gasteiger partial charge in [0.15, 0.2) is 0 Å². The van der Waals surface area contributed by atoms with E-state index in [1.807, 2.05) is 0 Å². The third-order valence-electron chi connectivity index (χ3n) is 19.7. The van der Waals surface area contributed by atoms with Crippen LogP contribution in [0.15, 0.2) is 144 Å². The summed E-state index contributed by atoms with van der Waals surface area (Å²) >= 11 is 0. The largest absolute Gasteiger partial charge is 0.455 e. The highest BCUT2D eigenvalue weighted by molar-refractivity contribution is 6.20. The Balaban J connectivity index is 0.854. The van der Waals surface area contributed by atoms with Crippen molar-refractivity contribution < 1.29 is 4.42 Å². The zero-order valence-electron chi connectivity index (χ0n) is 47.1. The molecule has 0 amide bonds. The second kappa shape index (κ2) is 18.4. The first kappa shape index (κ1) is 49.2. The van der Waals surface area contributed by atoms with Crippen molar-refractivity contribution in [3.63, 3.8) is 0 Å². The van der Waals surface area contributed by atoms with Gasteiger partial charge in [-0.2, -0.15) is 0 Å². The lowest BCUT2D eigenvalue weighted by atomic mass is 9.70. The van der Waals surface area contributed by atoms with Crippen molar-refractivity contribution in [3.05, 3.63) is 190 Å². The summed E-state index contributed by atoms with van der Waals surface area (Å²) < 4.78 is 7.03. The summed E-state index contributed by atoms with van der Waals surface area (Å²) in [6.07, 6.45) is 18.5. The van der Waals surface area contributed by atoms with Crippen LogP contribution in [0.2, 0.25) is 0 Å². The summed E-state index contributed by atoms with van der Waals surface area (Å²) in [4.78, 5) is 0. The van der Waals surface area contributed by atoms with Gasteiger partial charge in [-0.25, -0.2) is 0 Å². The number of unbranched alkanes of at least 4 members (excludes halogenated alkanes) is 10. The van der Waals surface area contributed by atoms with Gasteiger partial charge in [-0.05, 0) is 156 Å². The number of para-hydroxylation sites is 1. The predicted molar refractivity (Wildman–Crippen MR) is 324 cm³/mol. The second-order valence-electron chi connectivity index (χ2n) is 25.4. The van der Waals surface area contributed by atoms with Crippen LogP contribution in [0, 0.1) is 6.92 Å². The summed E-state index contributed by atoms with van der Waals surface area (Å²) in [5, 5.41) is 2.47. The average molecular weight is 995 g/mol. The van der Waals surface area contributed by atoms with Crippen molar-refractivity contribution in [2.75, 3.05) is 0 Å². The fourth-order valence-corrected chi connectivity index (χ4v) is 15.7. The van der Waals surface area contributed by atoms with Gasteiger partial charge in [0, 0.05) is 38.0 Å². The van der Waals surface area contributed by atoms with Gasteiger partial charge in [0.2, 0.25) is 0 Å².